The van der Waals surface area contributed by atoms with E-state index in [0.717, 1.165) is 56.3 Å². The summed E-state index contributed by atoms with van der Waals surface area (Å²) in [6, 6.07) is 0.444. The van der Waals surface area contributed by atoms with Crippen molar-refractivity contribution in [2.45, 2.75) is 51.0 Å². The summed E-state index contributed by atoms with van der Waals surface area (Å²) < 4.78 is 11.0. The second-order valence-electron chi connectivity index (χ2n) is 8.32. The predicted molar refractivity (Wildman–Crippen MR) is 91.7 cm³/mol. The van der Waals surface area contributed by atoms with Gasteiger partial charge in [0.25, 0.3) is 0 Å². The quantitative estimate of drug-likeness (QED) is 0.703. The lowest BCUT2D eigenvalue weighted by atomic mass is 9.79. The Bertz CT molecular complexity index is 438. The van der Waals surface area contributed by atoms with Gasteiger partial charge in [0, 0.05) is 31.7 Å². The molecule has 1 saturated heterocycles. The number of ether oxygens (including phenoxy) is 2. The van der Waals surface area contributed by atoms with Crippen LogP contribution in [0.5, 0.6) is 0 Å². The monoisotopic (exact) mass is 336 g/mol. The number of fused-ring (bicyclic) bond motifs is 5. The summed E-state index contributed by atoms with van der Waals surface area (Å²) in [5.74, 6) is 4.10. The summed E-state index contributed by atoms with van der Waals surface area (Å²) in [6.45, 7) is 3.92. The first-order valence-electron chi connectivity index (χ1n) is 10.0. The normalized spacial score (nSPS) is 40.0. The fourth-order valence-electron chi connectivity index (χ4n) is 5.79. The number of amides is 2. The smallest absolute Gasteiger partial charge is 0.315 e. The van der Waals surface area contributed by atoms with E-state index >= 15 is 0 Å². The summed E-state index contributed by atoms with van der Waals surface area (Å²) in [5, 5.41) is 6.25. The molecule has 0 aromatic carbocycles. The van der Waals surface area contributed by atoms with Gasteiger partial charge in [0.1, 0.15) is 0 Å². The van der Waals surface area contributed by atoms with Crippen molar-refractivity contribution in [1.29, 1.82) is 0 Å². The molecular weight excluding hydrogens is 304 g/mol. The Balaban J connectivity index is 1.08. The molecule has 4 fully saturated rings. The van der Waals surface area contributed by atoms with Gasteiger partial charge in [-0.2, -0.15) is 0 Å². The van der Waals surface area contributed by atoms with Gasteiger partial charge in [-0.15, -0.1) is 0 Å². The number of carbonyl (C=O) groups excluding carboxylic acids is 1. The highest BCUT2D eigenvalue weighted by Crippen LogP contribution is 2.58. The minimum atomic E-state index is 0.0197. The fourth-order valence-corrected chi connectivity index (χ4v) is 5.79. The number of rotatable bonds is 7. The van der Waals surface area contributed by atoms with Gasteiger partial charge in [0.2, 0.25) is 0 Å². The second kappa shape index (κ2) is 7.61. The first kappa shape index (κ1) is 16.6. The van der Waals surface area contributed by atoms with E-state index in [1.807, 2.05) is 0 Å². The molecule has 0 spiro atoms. The van der Waals surface area contributed by atoms with Gasteiger partial charge in [-0.3, -0.25) is 0 Å². The van der Waals surface area contributed by atoms with Gasteiger partial charge < -0.3 is 20.1 Å². The average molecular weight is 336 g/mol. The molecule has 0 aromatic rings. The van der Waals surface area contributed by atoms with Crippen LogP contribution in [-0.2, 0) is 9.47 Å². The van der Waals surface area contributed by atoms with Gasteiger partial charge in [-0.1, -0.05) is 6.42 Å². The van der Waals surface area contributed by atoms with Crippen LogP contribution in [0.1, 0.15) is 44.9 Å². The van der Waals surface area contributed by atoms with Crippen LogP contribution in [0, 0.1) is 29.6 Å². The lowest BCUT2D eigenvalue weighted by Crippen LogP contribution is -2.47. The van der Waals surface area contributed by atoms with E-state index in [2.05, 4.69) is 10.6 Å². The van der Waals surface area contributed by atoms with Crippen LogP contribution in [-0.4, -0.2) is 45.0 Å². The second-order valence-corrected chi connectivity index (χ2v) is 8.32. The molecular formula is C19H32N2O3. The molecule has 4 aliphatic rings. The minimum Gasteiger partial charge on any atom is -0.381 e. The van der Waals surface area contributed by atoms with E-state index in [1.165, 1.54) is 32.1 Å². The van der Waals surface area contributed by atoms with Gasteiger partial charge in [0.15, 0.2) is 0 Å². The van der Waals surface area contributed by atoms with Crippen molar-refractivity contribution in [2.24, 2.45) is 29.6 Å². The van der Waals surface area contributed by atoms with E-state index < -0.39 is 0 Å². The Morgan fingerprint density at radius 2 is 2.04 bits per heavy atom. The van der Waals surface area contributed by atoms with Crippen molar-refractivity contribution in [3.63, 3.8) is 0 Å². The first-order chi connectivity index (χ1) is 11.8. The highest BCUT2D eigenvalue weighted by Gasteiger charge is 2.53. The van der Waals surface area contributed by atoms with Crippen molar-refractivity contribution < 1.29 is 14.3 Å². The zero-order chi connectivity index (χ0) is 16.4. The van der Waals surface area contributed by atoms with Crippen molar-refractivity contribution >= 4 is 6.03 Å². The zero-order valence-corrected chi connectivity index (χ0v) is 14.7. The lowest BCUT2D eigenvalue weighted by molar-refractivity contribution is 0.0885. The molecule has 5 nitrogen and oxygen atoms in total. The summed E-state index contributed by atoms with van der Waals surface area (Å²) in [4.78, 5) is 12.1. The Morgan fingerprint density at radius 1 is 1.12 bits per heavy atom. The molecule has 2 bridgehead atoms. The highest BCUT2D eigenvalue weighted by atomic mass is 16.5. The van der Waals surface area contributed by atoms with Gasteiger partial charge in [0.05, 0.1) is 13.2 Å². The summed E-state index contributed by atoms with van der Waals surface area (Å²) >= 11 is 0. The van der Waals surface area contributed by atoms with E-state index in [-0.39, 0.29) is 6.03 Å². The lowest BCUT2D eigenvalue weighted by Gasteiger charge is -2.32. The maximum Gasteiger partial charge on any atom is 0.315 e. The fraction of sp³-hybridized carbons (Fsp3) is 0.947. The Hall–Kier alpha value is -0.810. The third kappa shape index (κ3) is 3.57. The molecule has 3 aliphatic carbocycles. The molecule has 2 N–H and O–H groups in total. The molecule has 3 saturated carbocycles. The SMILES string of the molecule is O=C(NCCCOC[C@@H]1CCOC1)N[C@@H]1C[C@H]2C[C@H]1[C@@H]1CCC[C@H]21. The van der Waals surface area contributed by atoms with Crippen molar-refractivity contribution in [3.05, 3.63) is 0 Å². The number of nitrogens with one attached hydrogen (secondary N) is 2. The molecule has 5 heteroatoms. The van der Waals surface area contributed by atoms with Gasteiger partial charge in [-0.25, -0.2) is 4.79 Å². The third-order valence-corrected chi connectivity index (χ3v) is 6.87. The van der Waals surface area contributed by atoms with Crippen LogP contribution in [0.4, 0.5) is 4.79 Å². The molecule has 0 unspecified atom stereocenters. The standard InChI is InChI=1S/C19H32N2O3/c22-19(20-6-2-7-23-11-13-5-8-24-12-13)21-18-10-14-9-17(18)16-4-1-3-15(14)16/h13-18H,1-12H2,(H2,20,21,22)/t13-,14+,15+,16+,17-,18+/m0/s1. The van der Waals surface area contributed by atoms with Crippen molar-refractivity contribution in [2.75, 3.05) is 33.0 Å². The first-order valence-corrected chi connectivity index (χ1v) is 10.0. The Morgan fingerprint density at radius 3 is 2.92 bits per heavy atom. The maximum atomic E-state index is 12.1. The Labute approximate surface area is 145 Å². The molecule has 6 atom stereocenters. The topological polar surface area (TPSA) is 59.6 Å². The molecule has 1 heterocycles. The number of hydrogen-bond acceptors (Lipinski definition) is 3. The highest BCUT2D eigenvalue weighted by molar-refractivity contribution is 5.74. The van der Waals surface area contributed by atoms with Crippen LogP contribution in [0.15, 0.2) is 0 Å². The third-order valence-electron chi connectivity index (χ3n) is 6.87. The number of carbonyl (C=O) groups is 1. The van der Waals surface area contributed by atoms with E-state index in [1.54, 1.807) is 0 Å². The number of hydrogen-bond donors (Lipinski definition) is 2. The van der Waals surface area contributed by atoms with Crippen LogP contribution in [0.2, 0.25) is 0 Å². The van der Waals surface area contributed by atoms with Crippen molar-refractivity contribution in [3.8, 4) is 0 Å². The molecule has 0 aromatic heterocycles. The molecule has 136 valence electrons. The summed E-state index contributed by atoms with van der Waals surface area (Å²) in [7, 11) is 0. The molecule has 4 rings (SSSR count). The summed E-state index contributed by atoms with van der Waals surface area (Å²) in [5.41, 5.74) is 0. The van der Waals surface area contributed by atoms with Crippen molar-refractivity contribution in [1.82, 2.24) is 10.6 Å². The van der Waals surface area contributed by atoms with Crippen LogP contribution >= 0.6 is 0 Å². The molecule has 1 aliphatic heterocycles. The van der Waals surface area contributed by atoms with Gasteiger partial charge >= 0.3 is 6.03 Å². The summed E-state index contributed by atoms with van der Waals surface area (Å²) in [6.07, 6.45) is 8.82. The Kier molecular flexibility index (Phi) is 5.28. The van der Waals surface area contributed by atoms with E-state index in [9.17, 15) is 4.79 Å². The van der Waals surface area contributed by atoms with Gasteiger partial charge in [-0.05, 0) is 62.2 Å². The predicted octanol–water partition coefficient (Wildman–Crippen LogP) is 2.55. The van der Waals surface area contributed by atoms with Crippen LogP contribution in [0.3, 0.4) is 0 Å². The minimum absolute atomic E-state index is 0.0197. The van der Waals surface area contributed by atoms with Crippen LogP contribution < -0.4 is 10.6 Å². The molecule has 0 radical (unpaired) electrons. The maximum absolute atomic E-state index is 12.1. The van der Waals surface area contributed by atoms with E-state index in [0.29, 0.717) is 25.1 Å². The average Bonchev–Trinajstić information content (AvgIpc) is 3.32. The number of urea groups is 1. The van der Waals surface area contributed by atoms with Crippen LogP contribution in [0.25, 0.3) is 0 Å². The molecule has 24 heavy (non-hydrogen) atoms. The largest absolute Gasteiger partial charge is 0.381 e. The zero-order valence-electron chi connectivity index (χ0n) is 14.7. The molecule has 2 amide bonds. The van der Waals surface area contributed by atoms with E-state index in [4.69, 9.17) is 9.47 Å².